The molecular weight excluding hydrogens is 228 g/mol. The molecule has 0 spiro atoms. The van der Waals surface area contributed by atoms with Crippen LogP contribution in [0.2, 0.25) is 0 Å². The van der Waals surface area contributed by atoms with Gasteiger partial charge in [0.05, 0.1) is 12.2 Å². The van der Waals surface area contributed by atoms with Gasteiger partial charge in [0.15, 0.2) is 11.6 Å². The van der Waals surface area contributed by atoms with Crippen molar-refractivity contribution in [3.05, 3.63) is 18.3 Å². The van der Waals surface area contributed by atoms with Crippen molar-refractivity contribution < 1.29 is 9.84 Å². The molecule has 0 atom stereocenters. The Morgan fingerprint density at radius 1 is 1.44 bits per heavy atom. The number of anilines is 1. The molecule has 0 bridgehead atoms. The first kappa shape index (κ1) is 13.1. The summed E-state index contributed by atoms with van der Waals surface area (Å²) >= 11 is 0. The van der Waals surface area contributed by atoms with Crippen LogP contribution < -0.4 is 10.1 Å². The summed E-state index contributed by atoms with van der Waals surface area (Å²) in [7, 11) is 0. The minimum Gasteiger partial charge on any atom is -0.490 e. The summed E-state index contributed by atoms with van der Waals surface area (Å²) < 4.78 is 5.63. The van der Waals surface area contributed by atoms with E-state index in [1.54, 1.807) is 6.20 Å². The van der Waals surface area contributed by atoms with Crippen LogP contribution in [0.4, 0.5) is 5.82 Å². The van der Waals surface area contributed by atoms with Crippen LogP contribution in [0.5, 0.6) is 5.75 Å². The van der Waals surface area contributed by atoms with Gasteiger partial charge in [-0.2, -0.15) is 0 Å². The van der Waals surface area contributed by atoms with Gasteiger partial charge >= 0.3 is 0 Å². The van der Waals surface area contributed by atoms with E-state index in [9.17, 15) is 5.11 Å². The van der Waals surface area contributed by atoms with Gasteiger partial charge in [-0.3, -0.25) is 0 Å². The van der Waals surface area contributed by atoms with Crippen LogP contribution in [0.25, 0.3) is 0 Å². The summed E-state index contributed by atoms with van der Waals surface area (Å²) in [6.07, 6.45) is 6.67. The van der Waals surface area contributed by atoms with Crippen LogP contribution in [0.1, 0.15) is 39.0 Å². The Morgan fingerprint density at radius 3 is 2.94 bits per heavy atom. The lowest BCUT2D eigenvalue weighted by Gasteiger charge is -2.23. The van der Waals surface area contributed by atoms with Crippen molar-refractivity contribution in [1.82, 2.24) is 4.98 Å². The van der Waals surface area contributed by atoms with Gasteiger partial charge in [-0.05, 0) is 31.4 Å². The Morgan fingerprint density at radius 2 is 2.22 bits per heavy atom. The maximum absolute atomic E-state index is 10.3. The standard InChI is InChI=1S/C14H22N2O2/c1-2-10-18-12-6-5-9-15-13(12)16-11-14(17)7-3-4-8-14/h5-6,9,17H,2-4,7-8,10-11H2,1H3,(H,15,16). The predicted octanol–water partition coefficient (Wildman–Crippen LogP) is 2.59. The topological polar surface area (TPSA) is 54.4 Å². The molecule has 0 aliphatic heterocycles. The lowest BCUT2D eigenvalue weighted by Crippen LogP contribution is -2.33. The molecule has 1 aliphatic carbocycles. The van der Waals surface area contributed by atoms with Crippen molar-refractivity contribution in [2.75, 3.05) is 18.5 Å². The van der Waals surface area contributed by atoms with E-state index in [-0.39, 0.29) is 0 Å². The Hall–Kier alpha value is -1.29. The van der Waals surface area contributed by atoms with Gasteiger partial charge in [0.25, 0.3) is 0 Å². The summed E-state index contributed by atoms with van der Waals surface area (Å²) in [5, 5.41) is 13.5. The first-order valence-electron chi connectivity index (χ1n) is 6.77. The van der Waals surface area contributed by atoms with E-state index >= 15 is 0 Å². The molecule has 1 aromatic rings. The molecule has 1 saturated carbocycles. The molecule has 1 aromatic heterocycles. The highest BCUT2D eigenvalue weighted by molar-refractivity contribution is 5.49. The maximum Gasteiger partial charge on any atom is 0.168 e. The molecule has 4 nitrogen and oxygen atoms in total. The summed E-state index contributed by atoms with van der Waals surface area (Å²) in [5.41, 5.74) is -0.570. The Labute approximate surface area is 108 Å². The monoisotopic (exact) mass is 250 g/mol. The number of hydrogen-bond donors (Lipinski definition) is 2. The Kier molecular flexibility index (Phi) is 4.42. The van der Waals surface area contributed by atoms with Gasteiger partial charge in [-0.1, -0.05) is 19.8 Å². The SMILES string of the molecule is CCCOc1cccnc1NCC1(O)CCCC1. The number of nitrogens with one attached hydrogen (secondary N) is 1. The molecule has 0 aromatic carbocycles. The van der Waals surface area contributed by atoms with Gasteiger partial charge in [0, 0.05) is 12.7 Å². The third-order valence-corrected chi connectivity index (χ3v) is 3.35. The summed E-state index contributed by atoms with van der Waals surface area (Å²) in [4.78, 5) is 4.28. The fourth-order valence-electron chi connectivity index (χ4n) is 2.31. The molecule has 2 N–H and O–H groups in total. The number of aromatic nitrogens is 1. The first-order valence-corrected chi connectivity index (χ1v) is 6.77. The molecule has 0 unspecified atom stereocenters. The smallest absolute Gasteiger partial charge is 0.168 e. The second-order valence-electron chi connectivity index (χ2n) is 4.98. The van der Waals surface area contributed by atoms with Crippen LogP contribution in [0.3, 0.4) is 0 Å². The molecule has 4 heteroatoms. The highest BCUT2D eigenvalue weighted by Crippen LogP contribution is 2.30. The zero-order valence-corrected chi connectivity index (χ0v) is 11.0. The summed E-state index contributed by atoms with van der Waals surface area (Å²) in [5.74, 6) is 1.49. The van der Waals surface area contributed by atoms with Gasteiger partial charge in [0.2, 0.25) is 0 Å². The van der Waals surface area contributed by atoms with Crippen molar-refractivity contribution in [3.63, 3.8) is 0 Å². The number of rotatable bonds is 6. The molecule has 100 valence electrons. The lowest BCUT2D eigenvalue weighted by atomic mass is 10.0. The fraction of sp³-hybridized carbons (Fsp3) is 0.643. The zero-order chi connectivity index (χ0) is 12.8. The van der Waals surface area contributed by atoms with E-state index in [1.165, 1.54) is 0 Å². The van der Waals surface area contributed by atoms with E-state index < -0.39 is 5.60 Å². The molecule has 0 radical (unpaired) electrons. The number of pyridine rings is 1. The molecule has 0 amide bonds. The second-order valence-corrected chi connectivity index (χ2v) is 4.98. The van der Waals surface area contributed by atoms with Crippen molar-refractivity contribution in [2.45, 2.75) is 44.6 Å². The largest absolute Gasteiger partial charge is 0.490 e. The average Bonchev–Trinajstić information content (AvgIpc) is 2.82. The number of nitrogens with zero attached hydrogens (tertiary/aromatic N) is 1. The number of ether oxygens (including phenoxy) is 1. The van der Waals surface area contributed by atoms with E-state index in [2.05, 4.69) is 17.2 Å². The minimum absolute atomic E-state index is 0.548. The van der Waals surface area contributed by atoms with Gasteiger partial charge in [-0.15, -0.1) is 0 Å². The van der Waals surface area contributed by atoms with Gasteiger partial charge in [-0.25, -0.2) is 4.98 Å². The quantitative estimate of drug-likeness (QED) is 0.815. The van der Waals surface area contributed by atoms with Gasteiger partial charge in [0.1, 0.15) is 0 Å². The van der Waals surface area contributed by atoms with Crippen molar-refractivity contribution in [3.8, 4) is 5.75 Å². The van der Waals surface area contributed by atoms with Crippen LogP contribution in [-0.4, -0.2) is 28.8 Å². The van der Waals surface area contributed by atoms with Crippen molar-refractivity contribution in [1.29, 1.82) is 0 Å². The fourth-order valence-corrected chi connectivity index (χ4v) is 2.31. The minimum atomic E-state index is -0.570. The molecule has 1 fully saturated rings. The Bertz CT molecular complexity index is 376. The number of aliphatic hydroxyl groups is 1. The van der Waals surface area contributed by atoms with Crippen LogP contribution in [0, 0.1) is 0 Å². The van der Waals surface area contributed by atoms with Gasteiger partial charge < -0.3 is 15.2 Å². The maximum atomic E-state index is 10.3. The highest BCUT2D eigenvalue weighted by atomic mass is 16.5. The summed E-state index contributed by atoms with van der Waals surface area (Å²) in [6.45, 7) is 3.31. The molecule has 18 heavy (non-hydrogen) atoms. The molecule has 0 saturated heterocycles. The predicted molar refractivity (Wildman–Crippen MR) is 71.9 cm³/mol. The molecular formula is C14H22N2O2. The molecule has 1 aliphatic rings. The van der Waals surface area contributed by atoms with E-state index in [0.29, 0.717) is 13.2 Å². The second kappa shape index (κ2) is 6.05. The zero-order valence-electron chi connectivity index (χ0n) is 11.0. The Balaban J connectivity index is 1.95. The first-order chi connectivity index (χ1) is 8.73. The normalized spacial score (nSPS) is 17.7. The average molecular weight is 250 g/mol. The summed E-state index contributed by atoms with van der Waals surface area (Å²) in [6, 6.07) is 3.77. The van der Waals surface area contributed by atoms with Crippen LogP contribution in [-0.2, 0) is 0 Å². The molecule has 1 heterocycles. The van der Waals surface area contributed by atoms with E-state index in [1.807, 2.05) is 12.1 Å². The highest BCUT2D eigenvalue weighted by Gasteiger charge is 2.31. The van der Waals surface area contributed by atoms with Crippen molar-refractivity contribution in [2.24, 2.45) is 0 Å². The van der Waals surface area contributed by atoms with E-state index in [0.717, 1.165) is 43.7 Å². The lowest BCUT2D eigenvalue weighted by molar-refractivity contribution is 0.0613. The van der Waals surface area contributed by atoms with Crippen LogP contribution >= 0.6 is 0 Å². The van der Waals surface area contributed by atoms with Crippen LogP contribution in [0.15, 0.2) is 18.3 Å². The van der Waals surface area contributed by atoms with E-state index in [4.69, 9.17) is 4.74 Å². The third-order valence-electron chi connectivity index (χ3n) is 3.35. The molecule has 2 rings (SSSR count). The third kappa shape index (κ3) is 3.35. The van der Waals surface area contributed by atoms with Crippen molar-refractivity contribution >= 4 is 5.82 Å². The number of hydrogen-bond acceptors (Lipinski definition) is 4.